The Bertz CT molecular complexity index is 1520. The largest absolute Gasteiger partial charge is 0.376 e. The highest BCUT2D eigenvalue weighted by Crippen LogP contribution is 2.22. The lowest BCUT2D eigenvalue weighted by Gasteiger charge is -2.14. The van der Waals surface area contributed by atoms with Gasteiger partial charge in [0.1, 0.15) is 5.82 Å². The monoisotopic (exact) mass is 531 g/mol. The van der Waals surface area contributed by atoms with Crippen molar-refractivity contribution in [2.75, 3.05) is 18.9 Å². The number of fused-ring (bicyclic) bond motifs is 1. The molecular formula is C29H26FN3O4S. The number of nitrogens with one attached hydrogen (secondary N) is 1. The quantitative estimate of drug-likeness (QED) is 0.195. The molecule has 194 valence electrons. The van der Waals surface area contributed by atoms with Crippen molar-refractivity contribution in [3.63, 3.8) is 0 Å². The minimum atomic E-state index is -0.419. The van der Waals surface area contributed by atoms with Crippen LogP contribution < -0.4 is 10.9 Å². The second-order valence-corrected chi connectivity index (χ2v) is 10.0. The van der Waals surface area contributed by atoms with Gasteiger partial charge in [-0.05, 0) is 60.9 Å². The second kappa shape index (κ2) is 11.7. The maximum Gasteiger partial charge on any atom is 0.262 e. The van der Waals surface area contributed by atoms with Gasteiger partial charge in [0.2, 0.25) is 0 Å². The van der Waals surface area contributed by atoms with Crippen molar-refractivity contribution >= 4 is 34.4 Å². The first-order valence-electron chi connectivity index (χ1n) is 12.4. The first-order valence-corrected chi connectivity index (χ1v) is 13.4. The van der Waals surface area contributed by atoms with Crippen LogP contribution in [0.25, 0.3) is 10.9 Å². The van der Waals surface area contributed by atoms with Crippen molar-refractivity contribution in [1.82, 2.24) is 14.9 Å². The lowest BCUT2D eigenvalue weighted by Crippen LogP contribution is -2.31. The van der Waals surface area contributed by atoms with Crippen LogP contribution in [0.3, 0.4) is 0 Å². The predicted molar refractivity (Wildman–Crippen MR) is 144 cm³/mol. The van der Waals surface area contributed by atoms with Gasteiger partial charge in [0.05, 0.1) is 29.3 Å². The first-order chi connectivity index (χ1) is 18.5. The Hall–Kier alpha value is -3.82. The summed E-state index contributed by atoms with van der Waals surface area (Å²) in [6.45, 7) is 1.41. The Labute approximate surface area is 223 Å². The molecule has 1 aromatic heterocycles. The van der Waals surface area contributed by atoms with Crippen LogP contribution in [0.2, 0.25) is 0 Å². The highest BCUT2D eigenvalue weighted by Gasteiger charge is 2.19. The number of amides is 1. The third kappa shape index (κ3) is 6.00. The number of rotatable bonds is 9. The van der Waals surface area contributed by atoms with Crippen LogP contribution in [-0.2, 0) is 11.3 Å². The van der Waals surface area contributed by atoms with E-state index in [1.807, 2.05) is 30.3 Å². The van der Waals surface area contributed by atoms with Gasteiger partial charge >= 0.3 is 0 Å². The maximum absolute atomic E-state index is 13.6. The SMILES string of the molecule is O=C(CSc1nc2cc(C(=O)NC[C@H]3CCCO3)ccc2c(=O)n1Cc1ccccc1)c1ccc(F)cc1. The number of thioether (sulfide) groups is 1. The molecule has 3 aromatic carbocycles. The van der Waals surface area contributed by atoms with Gasteiger partial charge in [-0.2, -0.15) is 0 Å². The smallest absolute Gasteiger partial charge is 0.262 e. The summed E-state index contributed by atoms with van der Waals surface area (Å²) in [7, 11) is 0. The minimum Gasteiger partial charge on any atom is -0.376 e. The molecule has 1 amide bonds. The van der Waals surface area contributed by atoms with Crippen LogP contribution in [-0.4, -0.2) is 46.2 Å². The van der Waals surface area contributed by atoms with E-state index in [0.717, 1.165) is 30.2 Å². The van der Waals surface area contributed by atoms with Gasteiger partial charge in [0, 0.05) is 24.3 Å². The predicted octanol–water partition coefficient (Wildman–Crippen LogP) is 4.47. The summed E-state index contributed by atoms with van der Waals surface area (Å²) >= 11 is 1.14. The fourth-order valence-electron chi connectivity index (χ4n) is 4.32. The van der Waals surface area contributed by atoms with Crippen molar-refractivity contribution in [2.45, 2.75) is 30.6 Å². The molecule has 0 radical (unpaired) electrons. The second-order valence-electron chi connectivity index (χ2n) is 9.07. The van der Waals surface area contributed by atoms with E-state index in [9.17, 15) is 18.8 Å². The van der Waals surface area contributed by atoms with Gasteiger partial charge < -0.3 is 10.1 Å². The number of Topliss-reactive ketones (excluding diaryl/α,β-unsaturated/α-hetero) is 1. The number of aromatic nitrogens is 2. The lowest BCUT2D eigenvalue weighted by molar-refractivity contribution is 0.0857. The van der Waals surface area contributed by atoms with Gasteiger partial charge in [-0.15, -0.1) is 0 Å². The Morgan fingerprint density at radius 1 is 1.05 bits per heavy atom. The zero-order chi connectivity index (χ0) is 26.5. The lowest BCUT2D eigenvalue weighted by atomic mass is 10.1. The summed E-state index contributed by atoms with van der Waals surface area (Å²) in [4.78, 5) is 43.8. The van der Waals surface area contributed by atoms with Gasteiger partial charge in [-0.1, -0.05) is 42.1 Å². The van der Waals surface area contributed by atoms with Gasteiger partial charge in [0.15, 0.2) is 10.9 Å². The minimum absolute atomic E-state index is 0.0138. The third-order valence-electron chi connectivity index (χ3n) is 6.38. The third-order valence-corrected chi connectivity index (χ3v) is 7.36. The number of hydrogen-bond donors (Lipinski definition) is 1. The molecule has 1 atom stereocenters. The van der Waals surface area contributed by atoms with E-state index in [4.69, 9.17) is 9.72 Å². The Morgan fingerprint density at radius 2 is 1.82 bits per heavy atom. The van der Waals surface area contributed by atoms with Crippen LogP contribution in [0.4, 0.5) is 4.39 Å². The number of benzene rings is 3. The molecule has 0 bridgehead atoms. The molecule has 1 aliphatic heterocycles. The number of nitrogens with zero attached hydrogens (tertiary/aromatic N) is 2. The molecule has 5 rings (SSSR count). The summed E-state index contributed by atoms with van der Waals surface area (Å²) in [6, 6.07) is 19.7. The molecule has 0 saturated carbocycles. The maximum atomic E-state index is 13.6. The fourth-order valence-corrected chi connectivity index (χ4v) is 5.21. The molecule has 1 N–H and O–H groups in total. The molecular weight excluding hydrogens is 505 g/mol. The molecule has 2 heterocycles. The molecule has 1 aliphatic rings. The number of carbonyl (C=O) groups is 2. The number of halogens is 1. The van der Waals surface area contributed by atoms with E-state index in [0.29, 0.717) is 40.3 Å². The molecule has 0 unspecified atom stereocenters. The normalized spacial score (nSPS) is 15.0. The molecule has 0 spiro atoms. The Kier molecular flexibility index (Phi) is 7.95. The van der Waals surface area contributed by atoms with Crippen molar-refractivity contribution in [2.24, 2.45) is 0 Å². The van der Waals surface area contributed by atoms with Gasteiger partial charge in [-0.25, -0.2) is 9.37 Å². The molecule has 4 aromatic rings. The summed E-state index contributed by atoms with van der Waals surface area (Å²) < 4.78 is 20.4. The molecule has 9 heteroatoms. The van der Waals surface area contributed by atoms with E-state index in [1.165, 1.54) is 28.8 Å². The van der Waals surface area contributed by atoms with Gasteiger partial charge in [-0.3, -0.25) is 19.0 Å². The molecule has 0 aliphatic carbocycles. The van der Waals surface area contributed by atoms with E-state index >= 15 is 0 Å². The van der Waals surface area contributed by atoms with Crippen LogP contribution >= 0.6 is 11.8 Å². The Morgan fingerprint density at radius 3 is 2.55 bits per heavy atom. The van der Waals surface area contributed by atoms with Gasteiger partial charge in [0.25, 0.3) is 11.5 Å². The summed E-state index contributed by atoms with van der Waals surface area (Å²) in [6.07, 6.45) is 1.92. The highest BCUT2D eigenvalue weighted by atomic mass is 32.2. The van der Waals surface area contributed by atoms with Crippen LogP contribution in [0, 0.1) is 5.82 Å². The molecule has 1 saturated heterocycles. The number of carbonyl (C=O) groups excluding carboxylic acids is 2. The topological polar surface area (TPSA) is 90.3 Å². The van der Waals surface area contributed by atoms with Crippen LogP contribution in [0.1, 0.15) is 39.1 Å². The average molecular weight is 532 g/mol. The van der Waals surface area contributed by atoms with E-state index < -0.39 is 5.82 Å². The Balaban J connectivity index is 1.44. The van der Waals surface area contributed by atoms with E-state index in [1.54, 1.807) is 18.2 Å². The molecule has 38 heavy (non-hydrogen) atoms. The molecule has 7 nitrogen and oxygen atoms in total. The summed E-state index contributed by atoms with van der Waals surface area (Å²) in [5.41, 5.74) is 1.79. The zero-order valence-corrected chi connectivity index (χ0v) is 21.4. The highest BCUT2D eigenvalue weighted by molar-refractivity contribution is 7.99. The van der Waals surface area contributed by atoms with Crippen molar-refractivity contribution in [3.8, 4) is 0 Å². The number of ether oxygens (including phenoxy) is 1. The van der Waals surface area contributed by atoms with Crippen molar-refractivity contribution in [3.05, 3.63) is 106 Å². The molecule has 1 fully saturated rings. The number of ketones is 1. The van der Waals surface area contributed by atoms with E-state index in [-0.39, 0.29) is 35.7 Å². The van der Waals surface area contributed by atoms with Crippen LogP contribution in [0.5, 0.6) is 0 Å². The zero-order valence-electron chi connectivity index (χ0n) is 20.6. The van der Waals surface area contributed by atoms with Crippen LogP contribution in [0.15, 0.2) is 82.7 Å². The standard InChI is InChI=1S/C29H26FN3O4S/c30-22-11-8-20(9-12-22)26(34)18-38-29-32-25-15-21(27(35)31-16-23-7-4-14-37-23)10-13-24(25)28(36)33(29)17-19-5-2-1-3-6-19/h1-3,5-6,8-13,15,23H,4,7,14,16-18H2,(H,31,35)/t23-/m1/s1. The van der Waals surface area contributed by atoms with Crippen molar-refractivity contribution < 1.29 is 18.7 Å². The number of hydrogen-bond acceptors (Lipinski definition) is 6. The fraction of sp³-hybridized carbons (Fsp3) is 0.241. The first kappa shape index (κ1) is 25.8. The van der Waals surface area contributed by atoms with Crippen molar-refractivity contribution in [1.29, 1.82) is 0 Å². The van der Waals surface area contributed by atoms with E-state index in [2.05, 4.69) is 5.32 Å². The summed E-state index contributed by atoms with van der Waals surface area (Å²) in [5.74, 6) is -0.881. The average Bonchev–Trinajstić information content (AvgIpc) is 3.46. The summed E-state index contributed by atoms with van der Waals surface area (Å²) in [5, 5.41) is 3.63.